The summed E-state index contributed by atoms with van der Waals surface area (Å²) in [5.41, 5.74) is 4.72. The highest BCUT2D eigenvalue weighted by atomic mass is 16.6. The topological polar surface area (TPSA) is 110 Å². The van der Waals surface area contributed by atoms with Crippen LogP contribution in [0.1, 0.15) is 20.3 Å². The van der Waals surface area contributed by atoms with Gasteiger partial charge in [0.1, 0.15) is 0 Å². The zero-order valence-electron chi connectivity index (χ0n) is 8.19. The summed E-state index contributed by atoms with van der Waals surface area (Å²) in [7, 11) is 0. The number of carbonyl (C=O) groups excluding carboxylic acids is 1. The lowest BCUT2D eigenvalue weighted by Crippen LogP contribution is -2.21. The summed E-state index contributed by atoms with van der Waals surface area (Å²) in [5, 5.41) is 16.4. The van der Waals surface area contributed by atoms with Gasteiger partial charge in [0.15, 0.2) is 0 Å². The van der Waals surface area contributed by atoms with Crippen molar-refractivity contribution in [3.63, 3.8) is 0 Å². The molecule has 1 unspecified atom stereocenters. The Labute approximate surface area is 82.0 Å². The van der Waals surface area contributed by atoms with E-state index in [1.54, 1.807) is 6.92 Å². The number of hydrogen-bond acceptors (Lipinski definition) is 4. The molecule has 6 heteroatoms. The molecule has 0 fully saturated rings. The molecule has 0 saturated carbocycles. The molecule has 0 bridgehead atoms. The van der Waals surface area contributed by atoms with Gasteiger partial charge >= 0.3 is 12.1 Å². The lowest BCUT2D eigenvalue weighted by Gasteiger charge is -2.04. The van der Waals surface area contributed by atoms with E-state index in [1.807, 2.05) is 0 Å². The van der Waals surface area contributed by atoms with Crippen molar-refractivity contribution >= 4 is 12.1 Å². The van der Waals surface area contributed by atoms with Crippen LogP contribution in [0.25, 0.3) is 0 Å². The largest absolute Gasteiger partial charge is 0.478 e. The number of amides is 1. The van der Waals surface area contributed by atoms with E-state index in [0.717, 1.165) is 0 Å². The van der Waals surface area contributed by atoms with E-state index in [2.05, 4.69) is 17.0 Å². The maximum absolute atomic E-state index is 9.81. The first-order chi connectivity index (χ1) is 6.31. The minimum absolute atomic E-state index is 0.176. The van der Waals surface area contributed by atoms with Gasteiger partial charge in [0.05, 0.1) is 0 Å². The molecule has 0 aliphatic carbocycles. The van der Waals surface area contributed by atoms with Crippen molar-refractivity contribution in [3.05, 3.63) is 12.2 Å². The molecular formula is C8H15NO5. The number of carboxylic acids is 1. The molecule has 0 aromatic heterocycles. The number of aliphatic hydroxyl groups excluding tert-OH is 1. The lowest BCUT2D eigenvalue weighted by molar-refractivity contribution is -0.132. The minimum Gasteiger partial charge on any atom is -0.478 e. The zero-order chi connectivity index (χ0) is 11.7. The summed E-state index contributed by atoms with van der Waals surface area (Å²) in [4.78, 5) is 19.4. The molecule has 82 valence electrons. The van der Waals surface area contributed by atoms with Gasteiger partial charge in [-0.3, -0.25) is 0 Å². The highest BCUT2D eigenvalue weighted by Gasteiger charge is 2.01. The number of rotatable bonds is 3. The summed E-state index contributed by atoms with van der Waals surface area (Å²) in [6, 6.07) is 0. The van der Waals surface area contributed by atoms with Crippen molar-refractivity contribution in [1.29, 1.82) is 0 Å². The van der Waals surface area contributed by atoms with Gasteiger partial charge in [-0.05, 0) is 6.92 Å². The number of aliphatic hydroxyl groups is 1. The zero-order valence-corrected chi connectivity index (χ0v) is 8.19. The fourth-order valence-electron chi connectivity index (χ4n) is 0.217. The SMILES string of the molecule is C=C(C)C(=O)O.CCC(O)OC(N)=O. The molecule has 6 nitrogen and oxygen atoms in total. The van der Waals surface area contributed by atoms with Crippen LogP contribution in [0.15, 0.2) is 12.2 Å². The lowest BCUT2D eigenvalue weighted by atomic mass is 10.4. The summed E-state index contributed by atoms with van der Waals surface area (Å²) in [6.45, 7) is 6.28. The van der Waals surface area contributed by atoms with Crippen LogP contribution in [0.2, 0.25) is 0 Å². The van der Waals surface area contributed by atoms with Crippen molar-refractivity contribution in [2.24, 2.45) is 5.73 Å². The third-order valence-electron chi connectivity index (χ3n) is 0.967. The van der Waals surface area contributed by atoms with Crippen LogP contribution in [0.3, 0.4) is 0 Å². The monoisotopic (exact) mass is 205 g/mol. The molecule has 0 rings (SSSR count). The molecular weight excluding hydrogens is 190 g/mol. The molecule has 0 aliphatic rings. The van der Waals surface area contributed by atoms with Gasteiger partial charge < -0.3 is 20.7 Å². The van der Waals surface area contributed by atoms with Crippen molar-refractivity contribution in [3.8, 4) is 0 Å². The second-order valence-electron chi connectivity index (χ2n) is 2.39. The Morgan fingerprint density at radius 3 is 2.00 bits per heavy atom. The molecule has 0 spiro atoms. The number of nitrogens with two attached hydrogens (primary N) is 1. The van der Waals surface area contributed by atoms with Crippen molar-refractivity contribution in [2.45, 2.75) is 26.6 Å². The molecule has 4 N–H and O–H groups in total. The molecule has 14 heavy (non-hydrogen) atoms. The predicted molar refractivity (Wildman–Crippen MR) is 49.4 cm³/mol. The number of carboxylic acid groups (broad SMARTS) is 1. The first kappa shape index (κ1) is 14.9. The van der Waals surface area contributed by atoms with Gasteiger partial charge in [0.2, 0.25) is 6.29 Å². The quantitative estimate of drug-likeness (QED) is 0.458. The summed E-state index contributed by atoms with van der Waals surface area (Å²) in [5.74, 6) is -0.935. The highest BCUT2D eigenvalue weighted by molar-refractivity contribution is 5.84. The van der Waals surface area contributed by atoms with Gasteiger partial charge in [-0.25, -0.2) is 9.59 Å². The van der Waals surface area contributed by atoms with Gasteiger partial charge in [-0.15, -0.1) is 0 Å². The second kappa shape index (κ2) is 8.06. The van der Waals surface area contributed by atoms with Gasteiger partial charge in [0, 0.05) is 12.0 Å². The van der Waals surface area contributed by atoms with E-state index < -0.39 is 18.4 Å². The number of ether oxygens (including phenoxy) is 1. The molecule has 0 saturated heterocycles. The molecule has 0 radical (unpaired) electrons. The third kappa shape index (κ3) is 13.1. The van der Waals surface area contributed by atoms with E-state index in [0.29, 0.717) is 6.42 Å². The Morgan fingerprint density at radius 2 is 1.93 bits per heavy atom. The number of carbonyl (C=O) groups is 2. The van der Waals surface area contributed by atoms with Gasteiger partial charge in [-0.2, -0.15) is 0 Å². The summed E-state index contributed by atoms with van der Waals surface area (Å²) in [6.07, 6.45) is -1.63. The summed E-state index contributed by atoms with van der Waals surface area (Å²) < 4.78 is 4.09. The smallest absolute Gasteiger partial charge is 0.406 e. The van der Waals surface area contributed by atoms with E-state index in [4.69, 9.17) is 10.2 Å². The number of primary amides is 1. The van der Waals surface area contributed by atoms with E-state index in [9.17, 15) is 9.59 Å². The van der Waals surface area contributed by atoms with Crippen LogP contribution < -0.4 is 5.73 Å². The predicted octanol–water partition coefficient (Wildman–Crippen LogP) is 0.457. The van der Waals surface area contributed by atoms with E-state index >= 15 is 0 Å². The van der Waals surface area contributed by atoms with Crippen molar-refractivity contribution < 1.29 is 24.5 Å². The fraction of sp³-hybridized carbons (Fsp3) is 0.500. The van der Waals surface area contributed by atoms with Crippen LogP contribution in [0.5, 0.6) is 0 Å². The second-order valence-corrected chi connectivity index (χ2v) is 2.39. The van der Waals surface area contributed by atoms with Crippen LogP contribution >= 0.6 is 0 Å². The van der Waals surface area contributed by atoms with E-state index in [-0.39, 0.29) is 5.57 Å². The average Bonchev–Trinajstić information content (AvgIpc) is 2.04. The Morgan fingerprint density at radius 1 is 1.57 bits per heavy atom. The highest BCUT2D eigenvalue weighted by Crippen LogP contribution is 1.89. The van der Waals surface area contributed by atoms with Crippen molar-refractivity contribution in [1.82, 2.24) is 0 Å². The van der Waals surface area contributed by atoms with E-state index in [1.165, 1.54) is 6.92 Å². The van der Waals surface area contributed by atoms with Crippen molar-refractivity contribution in [2.75, 3.05) is 0 Å². The summed E-state index contributed by atoms with van der Waals surface area (Å²) >= 11 is 0. The third-order valence-corrected chi connectivity index (χ3v) is 0.967. The van der Waals surface area contributed by atoms with Gasteiger partial charge in [0.25, 0.3) is 0 Å². The fourth-order valence-corrected chi connectivity index (χ4v) is 0.217. The molecule has 1 atom stereocenters. The van der Waals surface area contributed by atoms with Crippen LogP contribution in [0.4, 0.5) is 4.79 Å². The van der Waals surface area contributed by atoms with Gasteiger partial charge in [-0.1, -0.05) is 13.5 Å². The average molecular weight is 205 g/mol. The first-order valence-electron chi connectivity index (χ1n) is 3.84. The maximum atomic E-state index is 9.81. The normalized spacial score (nSPS) is 10.5. The number of hydrogen-bond donors (Lipinski definition) is 3. The van der Waals surface area contributed by atoms with Crippen LogP contribution in [-0.2, 0) is 9.53 Å². The standard InChI is InChI=1S/C4H9NO3.C4H6O2/c1-2-3(6)8-4(5)7;1-3(2)4(5)6/h3,6H,2H2,1H3,(H2,5,7);1H2,2H3,(H,5,6). The van der Waals surface area contributed by atoms with Crippen LogP contribution in [-0.4, -0.2) is 28.6 Å². The molecule has 0 aromatic rings. The Hall–Kier alpha value is -1.56. The molecule has 0 aliphatic heterocycles. The molecule has 0 heterocycles. The Balaban J connectivity index is 0. The Bertz CT molecular complexity index is 202. The molecule has 0 aromatic carbocycles. The Kier molecular flexibility index (Phi) is 8.60. The minimum atomic E-state index is -1.05. The van der Waals surface area contributed by atoms with Crippen LogP contribution in [0, 0.1) is 0 Å². The molecule has 1 amide bonds. The maximum Gasteiger partial charge on any atom is 0.406 e. The number of aliphatic carboxylic acids is 1. The first-order valence-corrected chi connectivity index (χ1v) is 3.84.